The Morgan fingerprint density at radius 1 is 1.14 bits per heavy atom. The maximum atomic E-state index is 4.58. The Morgan fingerprint density at radius 3 is 2.52 bits per heavy atom. The molecule has 1 aromatic heterocycles. The molecular weight excluding hydrogens is 392 g/mol. The fourth-order valence-corrected chi connectivity index (χ4v) is 3.62. The quantitative estimate of drug-likeness (QED) is 0.738. The first-order valence-electron chi connectivity index (χ1n) is 7.11. The fraction of sp³-hybridized carbons (Fsp3) is 0.353. The highest BCUT2D eigenvalue weighted by Gasteiger charge is 2.16. The van der Waals surface area contributed by atoms with Gasteiger partial charge in [-0.15, -0.1) is 0 Å². The number of nitrogens with one attached hydrogen (secondary N) is 1. The normalized spacial score (nSPS) is 12.4. The highest BCUT2D eigenvalue weighted by molar-refractivity contribution is 9.11. The molecular formula is C17H20Br2N2. The van der Waals surface area contributed by atoms with Gasteiger partial charge >= 0.3 is 0 Å². The van der Waals surface area contributed by atoms with Crippen molar-refractivity contribution < 1.29 is 0 Å². The number of hydrogen-bond acceptors (Lipinski definition) is 2. The van der Waals surface area contributed by atoms with Crippen LogP contribution in [0.25, 0.3) is 0 Å². The molecule has 1 atom stereocenters. The van der Waals surface area contributed by atoms with Gasteiger partial charge in [0.1, 0.15) is 0 Å². The Kier molecular flexibility index (Phi) is 5.97. The van der Waals surface area contributed by atoms with Gasteiger partial charge in [-0.25, -0.2) is 0 Å². The van der Waals surface area contributed by atoms with Crippen LogP contribution in [0.3, 0.4) is 0 Å². The first-order valence-corrected chi connectivity index (χ1v) is 8.70. The average molecular weight is 412 g/mol. The molecule has 1 unspecified atom stereocenters. The van der Waals surface area contributed by atoms with E-state index in [4.69, 9.17) is 0 Å². The van der Waals surface area contributed by atoms with Crippen molar-refractivity contribution in [3.05, 3.63) is 61.8 Å². The third kappa shape index (κ3) is 4.38. The molecule has 0 spiro atoms. The van der Waals surface area contributed by atoms with Gasteiger partial charge in [0.2, 0.25) is 0 Å². The molecule has 1 heterocycles. The molecule has 0 radical (unpaired) electrons. The molecule has 2 rings (SSSR count). The molecule has 2 aromatic rings. The number of likely N-dealkylation sites (N-methyl/N-ethyl adjacent to an activating group) is 1. The summed E-state index contributed by atoms with van der Waals surface area (Å²) in [5.41, 5.74) is 5.06. The van der Waals surface area contributed by atoms with Gasteiger partial charge in [-0.2, -0.15) is 0 Å². The first kappa shape index (κ1) is 16.7. The van der Waals surface area contributed by atoms with E-state index < -0.39 is 0 Å². The van der Waals surface area contributed by atoms with Crippen LogP contribution in [0.5, 0.6) is 0 Å². The lowest BCUT2D eigenvalue weighted by Crippen LogP contribution is -2.24. The number of aryl methyl sites for hydroxylation is 2. The minimum Gasteiger partial charge on any atom is -0.309 e. The molecule has 0 aliphatic rings. The number of benzene rings is 1. The maximum absolute atomic E-state index is 4.58. The van der Waals surface area contributed by atoms with E-state index in [0.717, 1.165) is 27.6 Å². The molecule has 0 saturated heterocycles. The summed E-state index contributed by atoms with van der Waals surface area (Å²) < 4.78 is 2.02. The summed E-state index contributed by atoms with van der Waals surface area (Å²) in [5, 5.41) is 3.53. The summed E-state index contributed by atoms with van der Waals surface area (Å²) in [5.74, 6) is 0. The molecule has 0 saturated carbocycles. The van der Waals surface area contributed by atoms with E-state index in [-0.39, 0.29) is 6.04 Å². The second-order valence-electron chi connectivity index (χ2n) is 5.25. The van der Waals surface area contributed by atoms with Crippen molar-refractivity contribution in [2.75, 3.05) is 6.54 Å². The highest BCUT2D eigenvalue weighted by Crippen LogP contribution is 2.27. The lowest BCUT2D eigenvalue weighted by atomic mass is 9.99. The zero-order valence-corrected chi connectivity index (χ0v) is 15.8. The summed E-state index contributed by atoms with van der Waals surface area (Å²) in [6.07, 6.45) is 2.78. The number of nitrogens with zero attached hydrogens (tertiary/aromatic N) is 1. The largest absolute Gasteiger partial charge is 0.309 e. The van der Waals surface area contributed by atoms with Crippen LogP contribution >= 0.6 is 31.9 Å². The smallest absolute Gasteiger partial charge is 0.0719 e. The van der Waals surface area contributed by atoms with Crippen molar-refractivity contribution >= 4 is 31.9 Å². The van der Waals surface area contributed by atoms with Crippen molar-refractivity contribution in [2.24, 2.45) is 0 Å². The van der Waals surface area contributed by atoms with Gasteiger partial charge in [-0.05, 0) is 81.4 Å². The Hall–Kier alpha value is -0.710. The average Bonchev–Trinajstić information content (AvgIpc) is 2.42. The number of halogens is 2. The Bertz CT molecular complexity index is 626. The SMILES string of the molecule is CCNC(Cc1ccc(C)c(C)c1)c1ncc(Br)cc1Br. The number of hydrogen-bond donors (Lipinski definition) is 1. The van der Waals surface area contributed by atoms with Gasteiger partial charge in [0.25, 0.3) is 0 Å². The third-order valence-electron chi connectivity index (χ3n) is 3.63. The van der Waals surface area contributed by atoms with Crippen LogP contribution in [-0.2, 0) is 6.42 Å². The van der Waals surface area contributed by atoms with Crippen LogP contribution in [0.4, 0.5) is 0 Å². The fourth-order valence-electron chi connectivity index (χ4n) is 2.36. The van der Waals surface area contributed by atoms with Crippen LogP contribution in [-0.4, -0.2) is 11.5 Å². The van der Waals surface area contributed by atoms with Gasteiger partial charge in [0.15, 0.2) is 0 Å². The second-order valence-corrected chi connectivity index (χ2v) is 7.02. The van der Waals surface area contributed by atoms with Crippen molar-refractivity contribution in [3.8, 4) is 0 Å². The zero-order valence-electron chi connectivity index (χ0n) is 12.6. The summed E-state index contributed by atoms with van der Waals surface area (Å²) in [7, 11) is 0. The van der Waals surface area contributed by atoms with Gasteiger partial charge in [0, 0.05) is 15.1 Å². The molecule has 4 heteroatoms. The highest BCUT2D eigenvalue weighted by atomic mass is 79.9. The van der Waals surface area contributed by atoms with E-state index in [9.17, 15) is 0 Å². The predicted molar refractivity (Wildman–Crippen MR) is 95.7 cm³/mol. The molecule has 21 heavy (non-hydrogen) atoms. The minimum atomic E-state index is 0.208. The standard InChI is InChI=1S/C17H20Br2N2/c1-4-20-16(17-15(19)9-14(18)10-21-17)8-13-6-5-11(2)12(3)7-13/h5-7,9-10,16,20H,4,8H2,1-3H3. The molecule has 1 aromatic carbocycles. The molecule has 1 N–H and O–H groups in total. The summed E-state index contributed by atoms with van der Waals surface area (Å²) in [6, 6.07) is 8.93. The van der Waals surface area contributed by atoms with E-state index >= 15 is 0 Å². The van der Waals surface area contributed by atoms with E-state index in [1.807, 2.05) is 12.3 Å². The predicted octanol–water partition coefficient (Wildman–Crippen LogP) is 5.12. The number of pyridine rings is 1. The van der Waals surface area contributed by atoms with E-state index in [1.165, 1.54) is 16.7 Å². The van der Waals surface area contributed by atoms with Crippen LogP contribution in [0.1, 0.15) is 35.3 Å². The van der Waals surface area contributed by atoms with Crippen LogP contribution in [0.15, 0.2) is 39.4 Å². The van der Waals surface area contributed by atoms with Gasteiger partial charge in [-0.1, -0.05) is 25.1 Å². The van der Waals surface area contributed by atoms with Crippen molar-refractivity contribution in [2.45, 2.75) is 33.2 Å². The summed E-state index contributed by atoms with van der Waals surface area (Å²) in [6.45, 7) is 7.35. The van der Waals surface area contributed by atoms with E-state index in [1.54, 1.807) is 0 Å². The Balaban J connectivity index is 2.28. The van der Waals surface area contributed by atoms with Crippen LogP contribution in [0.2, 0.25) is 0 Å². The molecule has 112 valence electrons. The van der Waals surface area contributed by atoms with Gasteiger partial charge < -0.3 is 5.32 Å². The Labute approximate surface area is 143 Å². The van der Waals surface area contributed by atoms with Crippen molar-refractivity contribution in [1.82, 2.24) is 10.3 Å². The first-order chi connectivity index (χ1) is 10.0. The zero-order chi connectivity index (χ0) is 15.4. The van der Waals surface area contributed by atoms with Crippen LogP contribution in [0, 0.1) is 13.8 Å². The van der Waals surface area contributed by atoms with Crippen LogP contribution < -0.4 is 5.32 Å². The molecule has 0 amide bonds. The van der Waals surface area contributed by atoms with Gasteiger partial charge in [-0.3, -0.25) is 4.98 Å². The summed E-state index contributed by atoms with van der Waals surface area (Å²) >= 11 is 7.08. The van der Waals surface area contributed by atoms with Crippen molar-refractivity contribution in [3.63, 3.8) is 0 Å². The molecule has 0 bridgehead atoms. The lowest BCUT2D eigenvalue weighted by molar-refractivity contribution is 0.534. The summed E-state index contributed by atoms with van der Waals surface area (Å²) in [4.78, 5) is 4.58. The number of aromatic nitrogens is 1. The maximum Gasteiger partial charge on any atom is 0.0719 e. The van der Waals surface area contributed by atoms with Crippen molar-refractivity contribution in [1.29, 1.82) is 0 Å². The molecule has 0 fully saturated rings. The molecule has 0 aliphatic heterocycles. The molecule has 0 aliphatic carbocycles. The number of rotatable bonds is 5. The molecule has 2 nitrogen and oxygen atoms in total. The van der Waals surface area contributed by atoms with E-state index in [0.29, 0.717) is 0 Å². The third-order valence-corrected chi connectivity index (χ3v) is 4.70. The van der Waals surface area contributed by atoms with Gasteiger partial charge in [0.05, 0.1) is 11.7 Å². The lowest BCUT2D eigenvalue weighted by Gasteiger charge is -2.19. The minimum absolute atomic E-state index is 0.208. The second kappa shape index (κ2) is 7.52. The van der Waals surface area contributed by atoms with E-state index in [2.05, 4.69) is 81.1 Å². The monoisotopic (exact) mass is 410 g/mol. The Morgan fingerprint density at radius 2 is 1.90 bits per heavy atom. The topological polar surface area (TPSA) is 24.9 Å².